The summed E-state index contributed by atoms with van der Waals surface area (Å²) in [5, 5.41) is 24.8. The fourth-order valence-corrected chi connectivity index (χ4v) is 1.57. The lowest BCUT2D eigenvalue weighted by Crippen LogP contribution is -2.29. The van der Waals surface area contributed by atoms with Crippen LogP contribution in [0, 0.1) is 0 Å². The number of carbonyl (C=O) groups is 1. The van der Waals surface area contributed by atoms with Crippen LogP contribution in [-0.4, -0.2) is 41.7 Å². The standard InChI is InChI=1S/C12H17ClN2O3/c1-14-7-10(16)12(18)8-2-4-9(5-3-8)15-11(17)6-13/h2-5,10,12,14,16,18H,6-7H2,1H3,(H,15,17). The van der Waals surface area contributed by atoms with Crippen molar-refractivity contribution in [1.29, 1.82) is 0 Å². The van der Waals surface area contributed by atoms with Crippen molar-refractivity contribution in [2.24, 2.45) is 0 Å². The number of anilines is 1. The molecule has 1 amide bonds. The molecule has 0 aliphatic heterocycles. The molecule has 0 radical (unpaired) electrons. The van der Waals surface area contributed by atoms with Gasteiger partial charge in [0.2, 0.25) is 5.91 Å². The number of aliphatic hydroxyl groups is 2. The molecule has 100 valence electrons. The molecule has 0 aliphatic carbocycles. The first-order chi connectivity index (χ1) is 8.58. The van der Waals surface area contributed by atoms with E-state index in [4.69, 9.17) is 11.6 Å². The molecular formula is C12H17ClN2O3. The number of hydrogen-bond donors (Lipinski definition) is 4. The fourth-order valence-electron chi connectivity index (χ4n) is 1.50. The smallest absolute Gasteiger partial charge is 0.239 e. The fraction of sp³-hybridized carbons (Fsp3) is 0.417. The van der Waals surface area contributed by atoms with E-state index >= 15 is 0 Å². The molecule has 1 aromatic carbocycles. The van der Waals surface area contributed by atoms with E-state index in [0.717, 1.165) is 0 Å². The summed E-state index contributed by atoms with van der Waals surface area (Å²) in [4.78, 5) is 11.1. The van der Waals surface area contributed by atoms with Gasteiger partial charge in [0, 0.05) is 12.2 Å². The summed E-state index contributed by atoms with van der Waals surface area (Å²) < 4.78 is 0. The number of amides is 1. The molecule has 0 saturated carbocycles. The van der Waals surface area contributed by atoms with Gasteiger partial charge in [-0.2, -0.15) is 0 Å². The van der Waals surface area contributed by atoms with Crippen LogP contribution in [0.15, 0.2) is 24.3 Å². The van der Waals surface area contributed by atoms with Crippen LogP contribution in [0.1, 0.15) is 11.7 Å². The van der Waals surface area contributed by atoms with Gasteiger partial charge in [-0.15, -0.1) is 11.6 Å². The van der Waals surface area contributed by atoms with Crippen LogP contribution in [-0.2, 0) is 4.79 Å². The van der Waals surface area contributed by atoms with Crippen LogP contribution in [0.2, 0.25) is 0 Å². The maximum absolute atomic E-state index is 11.1. The van der Waals surface area contributed by atoms with Gasteiger partial charge in [-0.05, 0) is 24.7 Å². The lowest BCUT2D eigenvalue weighted by molar-refractivity contribution is -0.113. The summed E-state index contributed by atoms with van der Waals surface area (Å²) in [6, 6.07) is 6.59. The van der Waals surface area contributed by atoms with Crippen molar-refractivity contribution in [2.45, 2.75) is 12.2 Å². The van der Waals surface area contributed by atoms with Gasteiger partial charge in [-0.3, -0.25) is 4.79 Å². The van der Waals surface area contributed by atoms with Gasteiger partial charge in [-0.25, -0.2) is 0 Å². The molecule has 0 fully saturated rings. The van der Waals surface area contributed by atoms with Gasteiger partial charge in [0.25, 0.3) is 0 Å². The molecule has 0 saturated heterocycles. The molecule has 0 spiro atoms. The molecule has 1 aromatic rings. The highest BCUT2D eigenvalue weighted by molar-refractivity contribution is 6.29. The molecule has 0 aliphatic rings. The van der Waals surface area contributed by atoms with E-state index in [1.54, 1.807) is 31.3 Å². The number of alkyl halides is 1. The van der Waals surface area contributed by atoms with Crippen molar-refractivity contribution in [2.75, 3.05) is 24.8 Å². The summed E-state index contributed by atoms with van der Waals surface area (Å²) in [5.41, 5.74) is 1.18. The summed E-state index contributed by atoms with van der Waals surface area (Å²) >= 11 is 5.37. The number of halogens is 1. The second-order valence-electron chi connectivity index (χ2n) is 3.87. The molecule has 2 unspecified atom stereocenters. The summed E-state index contributed by atoms with van der Waals surface area (Å²) in [5.74, 6) is -0.397. The monoisotopic (exact) mass is 272 g/mol. The van der Waals surface area contributed by atoms with E-state index in [-0.39, 0.29) is 11.8 Å². The van der Waals surface area contributed by atoms with Crippen LogP contribution in [0.25, 0.3) is 0 Å². The molecule has 6 heteroatoms. The summed E-state index contributed by atoms with van der Waals surface area (Å²) in [6.45, 7) is 0.298. The number of hydrogen-bond acceptors (Lipinski definition) is 4. The van der Waals surface area contributed by atoms with Gasteiger partial charge in [0.15, 0.2) is 0 Å². The van der Waals surface area contributed by atoms with Gasteiger partial charge >= 0.3 is 0 Å². The van der Waals surface area contributed by atoms with E-state index in [2.05, 4.69) is 10.6 Å². The molecule has 5 nitrogen and oxygen atoms in total. The number of benzene rings is 1. The van der Waals surface area contributed by atoms with Crippen molar-refractivity contribution in [3.63, 3.8) is 0 Å². The molecule has 0 heterocycles. The second-order valence-corrected chi connectivity index (χ2v) is 4.14. The highest BCUT2D eigenvalue weighted by atomic mass is 35.5. The number of aliphatic hydroxyl groups excluding tert-OH is 2. The minimum atomic E-state index is -0.963. The van der Waals surface area contributed by atoms with Crippen LogP contribution < -0.4 is 10.6 Å². The zero-order valence-corrected chi connectivity index (χ0v) is 10.8. The average Bonchev–Trinajstić information content (AvgIpc) is 2.39. The number of rotatable bonds is 6. The van der Waals surface area contributed by atoms with Crippen molar-refractivity contribution in [3.05, 3.63) is 29.8 Å². The Morgan fingerprint density at radius 3 is 2.44 bits per heavy atom. The molecule has 1 rings (SSSR count). The normalized spacial score (nSPS) is 14.0. The van der Waals surface area contributed by atoms with Crippen molar-refractivity contribution in [3.8, 4) is 0 Å². The lowest BCUT2D eigenvalue weighted by Gasteiger charge is -2.18. The highest BCUT2D eigenvalue weighted by Gasteiger charge is 2.17. The predicted molar refractivity (Wildman–Crippen MR) is 70.7 cm³/mol. The van der Waals surface area contributed by atoms with Crippen LogP contribution in [0.5, 0.6) is 0 Å². The van der Waals surface area contributed by atoms with Crippen molar-refractivity contribution >= 4 is 23.2 Å². The van der Waals surface area contributed by atoms with E-state index < -0.39 is 12.2 Å². The third-order valence-corrected chi connectivity index (χ3v) is 2.68. The lowest BCUT2D eigenvalue weighted by atomic mass is 10.0. The first kappa shape index (κ1) is 14.9. The third kappa shape index (κ3) is 4.27. The summed E-state index contributed by atoms with van der Waals surface area (Å²) in [7, 11) is 1.70. The Hall–Kier alpha value is -1.14. The maximum Gasteiger partial charge on any atom is 0.239 e. The number of nitrogens with one attached hydrogen (secondary N) is 2. The highest BCUT2D eigenvalue weighted by Crippen LogP contribution is 2.19. The molecule has 18 heavy (non-hydrogen) atoms. The maximum atomic E-state index is 11.1. The first-order valence-electron chi connectivity index (χ1n) is 5.55. The zero-order valence-electron chi connectivity index (χ0n) is 10.1. The predicted octanol–water partition coefficient (Wildman–Crippen LogP) is 0.478. The Balaban J connectivity index is 2.67. The van der Waals surface area contributed by atoms with E-state index in [1.807, 2.05) is 0 Å². The number of carbonyl (C=O) groups excluding carboxylic acids is 1. The van der Waals surface area contributed by atoms with Gasteiger partial charge in [0.1, 0.15) is 12.0 Å². The third-order valence-electron chi connectivity index (χ3n) is 2.44. The summed E-state index contributed by atoms with van der Waals surface area (Å²) in [6.07, 6.45) is -1.84. The van der Waals surface area contributed by atoms with E-state index in [9.17, 15) is 15.0 Å². The Morgan fingerprint density at radius 2 is 1.94 bits per heavy atom. The minimum Gasteiger partial charge on any atom is -0.389 e. The van der Waals surface area contributed by atoms with E-state index in [0.29, 0.717) is 17.8 Å². The average molecular weight is 273 g/mol. The van der Waals surface area contributed by atoms with E-state index in [1.165, 1.54) is 0 Å². The Labute approximate surface area is 111 Å². The van der Waals surface area contributed by atoms with Crippen molar-refractivity contribution in [1.82, 2.24) is 5.32 Å². The molecule has 0 aromatic heterocycles. The topological polar surface area (TPSA) is 81.6 Å². The molecule has 4 N–H and O–H groups in total. The zero-order chi connectivity index (χ0) is 13.5. The number of likely N-dealkylation sites (N-methyl/N-ethyl adjacent to an activating group) is 1. The van der Waals surface area contributed by atoms with Crippen LogP contribution in [0.3, 0.4) is 0 Å². The SMILES string of the molecule is CNCC(O)C(O)c1ccc(NC(=O)CCl)cc1. The van der Waals surface area contributed by atoms with Crippen LogP contribution >= 0.6 is 11.6 Å². The largest absolute Gasteiger partial charge is 0.389 e. The quantitative estimate of drug-likeness (QED) is 0.568. The first-order valence-corrected chi connectivity index (χ1v) is 6.08. The van der Waals surface area contributed by atoms with Gasteiger partial charge < -0.3 is 20.8 Å². The van der Waals surface area contributed by atoms with Crippen molar-refractivity contribution < 1.29 is 15.0 Å². The van der Waals surface area contributed by atoms with Crippen LogP contribution in [0.4, 0.5) is 5.69 Å². The second kappa shape index (κ2) is 7.33. The molecule has 0 bridgehead atoms. The Bertz CT molecular complexity index is 383. The van der Waals surface area contributed by atoms with Gasteiger partial charge in [-0.1, -0.05) is 12.1 Å². The Morgan fingerprint density at radius 1 is 1.33 bits per heavy atom. The molecule has 2 atom stereocenters. The Kier molecular flexibility index (Phi) is 6.07. The van der Waals surface area contributed by atoms with Gasteiger partial charge in [0.05, 0.1) is 6.10 Å². The molecular weight excluding hydrogens is 256 g/mol. The minimum absolute atomic E-state index is 0.106.